The molecule has 0 saturated carbocycles. The van der Waals surface area contributed by atoms with E-state index in [4.69, 9.17) is 4.74 Å². The van der Waals surface area contributed by atoms with Crippen molar-refractivity contribution in [2.45, 2.75) is 25.8 Å². The van der Waals surface area contributed by atoms with Gasteiger partial charge in [-0.2, -0.15) is 0 Å². The van der Waals surface area contributed by atoms with Crippen LogP contribution in [0.3, 0.4) is 0 Å². The molecule has 1 N–H and O–H groups in total. The third kappa shape index (κ3) is 4.52. The molecule has 0 aromatic heterocycles. The van der Waals surface area contributed by atoms with Crippen molar-refractivity contribution in [3.8, 4) is 0 Å². The molecule has 0 aromatic rings. The first-order valence-corrected chi connectivity index (χ1v) is 6.39. The number of likely N-dealkylation sites (N-methyl/N-ethyl adjacent to an activating group) is 1. The van der Waals surface area contributed by atoms with Gasteiger partial charge in [0.15, 0.2) is 0 Å². The van der Waals surface area contributed by atoms with Crippen LogP contribution in [0, 0.1) is 0 Å². The summed E-state index contributed by atoms with van der Waals surface area (Å²) < 4.78 is 4.77. The van der Waals surface area contributed by atoms with E-state index in [0.717, 1.165) is 25.9 Å². The van der Waals surface area contributed by atoms with Crippen molar-refractivity contribution in [2.24, 2.45) is 0 Å². The van der Waals surface area contributed by atoms with E-state index in [9.17, 15) is 9.59 Å². The number of ether oxygens (including phenoxy) is 1. The van der Waals surface area contributed by atoms with Gasteiger partial charge in [-0.25, -0.2) is 4.79 Å². The summed E-state index contributed by atoms with van der Waals surface area (Å²) in [5.74, 6) is -0.394. The Balaban J connectivity index is 2.38. The maximum absolute atomic E-state index is 11.9. The van der Waals surface area contributed by atoms with Crippen LogP contribution in [0.25, 0.3) is 0 Å². The smallest absolute Gasteiger partial charge is 0.325 e. The monoisotopic (exact) mass is 257 g/mol. The van der Waals surface area contributed by atoms with Gasteiger partial charge in [-0.3, -0.25) is 4.79 Å². The van der Waals surface area contributed by atoms with E-state index in [0.29, 0.717) is 6.61 Å². The normalized spacial score (nSPS) is 19.1. The molecule has 6 nitrogen and oxygen atoms in total. The molecule has 1 aliphatic heterocycles. The summed E-state index contributed by atoms with van der Waals surface area (Å²) in [5.41, 5.74) is 0. The minimum absolute atomic E-state index is 0.0577. The molecule has 6 heteroatoms. The summed E-state index contributed by atoms with van der Waals surface area (Å²) in [6.45, 7) is 3.63. The van der Waals surface area contributed by atoms with Gasteiger partial charge in [-0.05, 0) is 33.9 Å². The number of nitrogens with one attached hydrogen (secondary N) is 1. The van der Waals surface area contributed by atoms with Crippen LogP contribution in [0.15, 0.2) is 0 Å². The van der Waals surface area contributed by atoms with Gasteiger partial charge in [-0.15, -0.1) is 0 Å². The molecule has 1 unspecified atom stereocenters. The van der Waals surface area contributed by atoms with Crippen molar-refractivity contribution in [3.05, 3.63) is 0 Å². The van der Waals surface area contributed by atoms with E-state index in [1.54, 1.807) is 11.8 Å². The van der Waals surface area contributed by atoms with Crippen LogP contribution in [0.1, 0.15) is 19.8 Å². The number of amides is 2. The van der Waals surface area contributed by atoms with Gasteiger partial charge in [0.05, 0.1) is 6.61 Å². The Morgan fingerprint density at radius 1 is 1.44 bits per heavy atom. The summed E-state index contributed by atoms with van der Waals surface area (Å²) in [6.07, 6.45) is 2.04. The fourth-order valence-electron chi connectivity index (χ4n) is 2.18. The fraction of sp³-hybridized carbons (Fsp3) is 0.833. The van der Waals surface area contributed by atoms with E-state index in [2.05, 4.69) is 10.2 Å². The Hall–Kier alpha value is -1.30. The molecule has 0 spiro atoms. The molecule has 18 heavy (non-hydrogen) atoms. The molecule has 1 saturated heterocycles. The minimum atomic E-state index is -0.394. The second-order valence-electron chi connectivity index (χ2n) is 4.72. The van der Waals surface area contributed by atoms with Crippen LogP contribution in [0.5, 0.6) is 0 Å². The Bertz CT molecular complexity index is 294. The number of likely N-dealkylation sites (tertiary alicyclic amines) is 1. The highest BCUT2D eigenvalue weighted by molar-refractivity contribution is 5.81. The van der Waals surface area contributed by atoms with Crippen molar-refractivity contribution in [3.63, 3.8) is 0 Å². The predicted molar refractivity (Wildman–Crippen MR) is 68.3 cm³/mol. The molecule has 0 radical (unpaired) electrons. The molecule has 104 valence electrons. The Morgan fingerprint density at radius 2 is 2.17 bits per heavy atom. The molecular weight excluding hydrogens is 234 g/mol. The molecule has 0 aromatic carbocycles. The summed E-state index contributed by atoms with van der Waals surface area (Å²) in [6, 6.07) is 0.0644. The van der Waals surface area contributed by atoms with Gasteiger partial charge in [0.1, 0.15) is 6.54 Å². The zero-order chi connectivity index (χ0) is 13.5. The van der Waals surface area contributed by atoms with Gasteiger partial charge in [-0.1, -0.05) is 0 Å². The zero-order valence-electron chi connectivity index (χ0n) is 11.4. The first-order valence-electron chi connectivity index (χ1n) is 6.39. The molecule has 1 fully saturated rings. The van der Waals surface area contributed by atoms with Gasteiger partial charge >= 0.3 is 12.0 Å². The number of carbonyl (C=O) groups is 2. The van der Waals surface area contributed by atoms with E-state index in [1.165, 1.54) is 0 Å². The second kappa shape index (κ2) is 7.20. The van der Waals surface area contributed by atoms with Crippen molar-refractivity contribution in [1.29, 1.82) is 0 Å². The molecule has 2 amide bonds. The minimum Gasteiger partial charge on any atom is -0.465 e. The third-order valence-electron chi connectivity index (χ3n) is 2.90. The average Bonchev–Trinajstić information content (AvgIpc) is 2.73. The van der Waals surface area contributed by atoms with Gasteiger partial charge in [0.2, 0.25) is 0 Å². The highest BCUT2D eigenvalue weighted by Crippen LogP contribution is 2.17. The van der Waals surface area contributed by atoms with Crippen LogP contribution >= 0.6 is 0 Å². The Morgan fingerprint density at radius 3 is 2.78 bits per heavy atom. The topological polar surface area (TPSA) is 61.9 Å². The van der Waals surface area contributed by atoms with E-state index < -0.39 is 5.97 Å². The molecular formula is C12H23N3O3. The maximum Gasteiger partial charge on any atom is 0.325 e. The van der Waals surface area contributed by atoms with Crippen molar-refractivity contribution >= 4 is 12.0 Å². The standard InChI is InChI=1S/C12H23N3O3/c1-4-18-11(16)8-13-12(17)15-7-5-6-10(15)9-14(2)3/h10H,4-9H2,1-3H3,(H,13,17). The summed E-state index contributed by atoms with van der Waals surface area (Å²) in [4.78, 5) is 27.0. The lowest BCUT2D eigenvalue weighted by molar-refractivity contribution is -0.141. The molecule has 1 aliphatic rings. The number of hydrogen-bond donors (Lipinski definition) is 1. The number of esters is 1. The summed E-state index contributed by atoms with van der Waals surface area (Å²) in [7, 11) is 3.99. The molecule has 1 atom stereocenters. The van der Waals surface area contributed by atoms with Gasteiger partial charge in [0, 0.05) is 19.1 Å². The first kappa shape index (κ1) is 14.8. The van der Waals surface area contributed by atoms with Crippen molar-refractivity contribution in [1.82, 2.24) is 15.1 Å². The van der Waals surface area contributed by atoms with Gasteiger partial charge in [0.25, 0.3) is 0 Å². The second-order valence-corrected chi connectivity index (χ2v) is 4.72. The lowest BCUT2D eigenvalue weighted by atomic mass is 10.2. The highest BCUT2D eigenvalue weighted by Gasteiger charge is 2.29. The average molecular weight is 257 g/mol. The quantitative estimate of drug-likeness (QED) is 0.719. The third-order valence-corrected chi connectivity index (χ3v) is 2.90. The number of nitrogens with zero attached hydrogens (tertiary/aromatic N) is 2. The van der Waals surface area contributed by atoms with Gasteiger partial charge < -0.3 is 19.9 Å². The lowest BCUT2D eigenvalue weighted by Gasteiger charge is -2.27. The Kier molecular flexibility index (Phi) is 5.91. The van der Waals surface area contributed by atoms with Crippen LogP contribution in [-0.4, -0.2) is 68.2 Å². The van der Waals surface area contributed by atoms with Crippen molar-refractivity contribution < 1.29 is 14.3 Å². The number of rotatable bonds is 5. The van der Waals surface area contributed by atoms with E-state index >= 15 is 0 Å². The fourth-order valence-corrected chi connectivity index (χ4v) is 2.18. The van der Waals surface area contributed by atoms with Crippen molar-refractivity contribution in [2.75, 3.05) is 40.3 Å². The summed E-state index contributed by atoms with van der Waals surface area (Å²) >= 11 is 0. The Labute approximate surface area is 108 Å². The number of hydrogen-bond acceptors (Lipinski definition) is 4. The SMILES string of the molecule is CCOC(=O)CNC(=O)N1CCCC1CN(C)C. The van der Waals surface area contributed by atoms with E-state index in [-0.39, 0.29) is 18.6 Å². The molecule has 1 heterocycles. The van der Waals surface area contributed by atoms with Crippen LogP contribution in [0.4, 0.5) is 4.79 Å². The largest absolute Gasteiger partial charge is 0.465 e. The summed E-state index contributed by atoms with van der Waals surface area (Å²) in [5, 5.41) is 2.61. The highest BCUT2D eigenvalue weighted by atomic mass is 16.5. The maximum atomic E-state index is 11.9. The predicted octanol–water partition coefficient (Wildman–Crippen LogP) is 0.285. The zero-order valence-corrected chi connectivity index (χ0v) is 11.4. The molecule has 0 aliphatic carbocycles. The van der Waals surface area contributed by atoms with Crippen LogP contribution in [-0.2, 0) is 9.53 Å². The van der Waals surface area contributed by atoms with Crippen LogP contribution in [0.2, 0.25) is 0 Å². The number of urea groups is 1. The lowest BCUT2D eigenvalue weighted by Crippen LogP contribution is -2.47. The molecule has 1 rings (SSSR count). The number of carbonyl (C=O) groups excluding carboxylic acids is 2. The van der Waals surface area contributed by atoms with Crippen LogP contribution < -0.4 is 5.32 Å². The first-order chi connectivity index (χ1) is 8.54. The van der Waals surface area contributed by atoms with E-state index in [1.807, 2.05) is 14.1 Å². The molecule has 0 bridgehead atoms.